The van der Waals surface area contributed by atoms with Crippen molar-refractivity contribution in [2.45, 2.75) is 51.4 Å². The molecule has 0 radical (unpaired) electrons. The maximum atomic E-state index is 12.9. The van der Waals surface area contributed by atoms with Crippen LogP contribution >= 0.6 is 11.3 Å². The van der Waals surface area contributed by atoms with Crippen molar-refractivity contribution >= 4 is 28.2 Å². The molecule has 0 aromatic carbocycles. The lowest BCUT2D eigenvalue weighted by molar-refractivity contribution is -0.148. The Labute approximate surface area is 151 Å². The molecule has 3 aliphatic carbocycles. The zero-order chi connectivity index (χ0) is 17.6. The number of fused-ring (bicyclic) bond motifs is 3. The summed E-state index contributed by atoms with van der Waals surface area (Å²) in [5.41, 5.74) is 1.70. The summed E-state index contributed by atoms with van der Waals surface area (Å²) in [6, 6.07) is 2.27. The summed E-state index contributed by atoms with van der Waals surface area (Å²) in [5.74, 6) is -1.77. The van der Waals surface area contributed by atoms with E-state index in [9.17, 15) is 20.0 Å². The van der Waals surface area contributed by atoms with Crippen molar-refractivity contribution in [2.24, 2.45) is 23.7 Å². The molecule has 4 rings (SSSR count). The second-order valence-corrected chi connectivity index (χ2v) is 8.70. The smallest absolute Gasteiger partial charge is 0.307 e. The van der Waals surface area contributed by atoms with Gasteiger partial charge in [0.15, 0.2) is 0 Å². The van der Waals surface area contributed by atoms with E-state index in [-0.39, 0.29) is 17.7 Å². The number of carboxylic acid groups (broad SMARTS) is 1. The van der Waals surface area contributed by atoms with Crippen LogP contribution in [0.2, 0.25) is 0 Å². The molecule has 0 aliphatic heterocycles. The minimum Gasteiger partial charge on any atom is -0.481 e. The van der Waals surface area contributed by atoms with Gasteiger partial charge in [-0.3, -0.25) is 9.59 Å². The Bertz CT molecular complexity index is 763. The molecule has 2 fully saturated rings. The van der Waals surface area contributed by atoms with Gasteiger partial charge in [-0.05, 0) is 62.3 Å². The van der Waals surface area contributed by atoms with Crippen LogP contribution in [-0.4, -0.2) is 17.0 Å². The first-order valence-corrected chi connectivity index (χ1v) is 10.00. The Kier molecular flexibility index (Phi) is 4.28. The van der Waals surface area contributed by atoms with Gasteiger partial charge in [0.2, 0.25) is 5.91 Å². The molecule has 132 valence electrons. The zero-order valence-corrected chi connectivity index (χ0v) is 14.9. The van der Waals surface area contributed by atoms with Gasteiger partial charge < -0.3 is 10.4 Å². The number of hydrogen-bond donors (Lipinski definition) is 2. The number of carboxylic acids is 1. The molecule has 1 aromatic rings. The minimum absolute atomic E-state index is 0.133. The van der Waals surface area contributed by atoms with Crippen molar-refractivity contribution in [1.82, 2.24) is 0 Å². The molecule has 4 unspecified atom stereocenters. The fourth-order valence-corrected chi connectivity index (χ4v) is 6.41. The van der Waals surface area contributed by atoms with Crippen LogP contribution in [0.4, 0.5) is 5.00 Å². The number of amides is 1. The van der Waals surface area contributed by atoms with E-state index in [1.165, 1.54) is 22.6 Å². The Balaban J connectivity index is 1.59. The van der Waals surface area contributed by atoms with Gasteiger partial charge in [-0.25, -0.2) is 0 Å². The Morgan fingerprint density at radius 2 is 1.84 bits per heavy atom. The van der Waals surface area contributed by atoms with Gasteiger partial charge in [-0.2, -0.15) is 5.26 Å². The van der Waals surface area contributed by atoms with Crippen LogP contribution in [0, 0.1) is 35.0 Å². The Morgan fingerprint density at radius 3 is 2.56 bits per heavy atom. The van der Waals surface area contributed by atoms with E-state index in [1.807, 2.05) is 0 Å². The highest BCUT2D eigenvalue weighted by atomic mass is 32.1. The van der Waals surface area contributed by atoms with Crippen molar-refractivity contribution < 1.29 is 14.7 Å². The molecule has 0 saturated heterocycles. The minimum atomic E-state index is -0.852. The predicted molar refractivity (Wildman–Crippen MR) is 94.4 cm³/mol. The predicted octanol–water partition coefficient (Wildman–Crippen LogP) is 3.57. The number of nitrogens with zero attached hydrogens (tertiary/aromatic N) is 1. The topological polar surface area (TPSA) is 90.2 Å². The molecule has 1 amide bonds. The number of aliphatic carboxylic acids is 1. The van der Waals surface area contributed by atoms with Gasteiger partial charge in [-0.1, -0.05) is 6.42 Å². The number of carbonyl (C=O) groups excluding carboxylic acids is 1. The van der Waals surface area contributed by atoms with Crippen LogP contribution in [0.25, 0.3) is 0 Å². The summed E-state index contributed by atoms with van der Waals surface area (Å²) in [5, 5.41) is 22.7. The van der Waals surface area contributed by atoms with Gasteiger partial charge in [0.25, 0.3) is 0 Å². The van der Waals surface area contributed by atoms with E-state index in [0.29, 0.717) is 10.6 Å². The lowest BCUT2D eigenvalue weighted by Crippen LogP contribution is -2.37. The maximum absolute atomic E-state index is 12.9. The third kappa shape index (κ3) is 2.75. The van der Waals surface area contributed by atoms with Crippen molar-refractivity contribution in [2.75, 3.05) is 5.32 Å². The molecule has 2 bridgehead atoms. The summed E-state index contributed by atoms with van der Waals surface area (Å²) in [6.07, 6.45) is 7.96. The molecule has 4 atom stereocenters. The molecule has 25 heavy (non-hydrogen) atoms. The molecule has 1 aromatic heterocycles. The zero-order valence-electron chi connectivity index (χ0n) is 14.1. The molecule has 3 aliphatic rings. The first kappa shape index (κ1) is 16.6. The monoisotopic (exact) mass is 358 g/mol. The van der Waals surface area contributed by atoms with E-state index >= 15 is 0 Å². The largest absolute Gasteiger partial charge is 0.481 e. The van der Waals surface area contributed by atoms with E-state index in [2.05, 4.69) is 11.4 Å². The van der Waals surface area contributed by atoms with Crippen LogP contribution in [0.15, 0.2) is 0 Å². The van der Waals surface area contributed by atoms with Crippen LogP contribution in [0.1, 0.15) is 54.5 Å². The highest BCUT2D eigenvalue weighted by Gasteiger charge is 2.54. The molecule has 5 nitrogen and oxygen atoms in total. The van der Waals surface area contributed by atoms with Crippen LogP contribution in [-0.2, 0) is 22.4 Å². The number of anilines is 1. The second-order valence-electron chi connectivity index (χ2n) is 7.59. The maximum Gasteiger partial charge on any atom is 0.307 e. The van der Waals surface area contributed by atoms with Crippen molar-refractivity contribution in [3.05, 3.63) is 16.0 Å². The number of thiophene rings is 1. The van der Waals surface area contributed by atoms with Gasteiger partial charge in [0.1, 0.15) is 11.1 Å². The first-order chi connectivity index (χ1) is 12.1. The number of hydrogen-bond acceptors (Lipinski definition) is 4. The quantitative estimate of drug-likeness (QED) is 0.808. The number of rotatable bonds is 3. The van der Waals surface area contributed by atoms with Crippen LogP contribution in [0.5, 0.6) is 0 Å². The summed E-state index contributed by atoms with van der Waals surface area (Å²) in [4.78, 5) is 25.8. The second kappa shape index (κ2) is 6.45. The average molecular weight is 358 g/mol. The highest BCUT2D eigenvalue weighted by molar-refractivity contribution is 7.16. The molecular weight excluding hydrogens is 336 g/mol. The van der Waals surface area contributed by atoms with E-state index in [0.717, 1.165) is 50.5 Å². The van der Waals surface area contributed by atoms with Gasteiger partial charge in [0, 0.05) is 4.88 Å². The Hall–Kier alpha value is -1.87. The summed E-state index contributed by atoms with van der Waals surface area (Å²) in [6.45, 7) is 0. The highest BCUT2D eigenvalue weighted by Crippen LogP contribution is 2.53. The molecule has 6 heteroatoms. The fraction of sp³-hybridized carbons (Fsp3) is 0.632. The van der Waals surface area contributed by atoms with Gasteiger partial charge in [-0.15, -0.1) is 11.3 Å². The third-order valence-electron chi connectivity index (χ3n) is 6.27. The molecular formula is C19H22N2O3S. The third-order valence-corrected chi connectivity index (χ3v) is 7.48. The normalized spacial score (nSPS) is 30.4. The van der Waals surface area contributed by atoms with Crippen molar-refractivity contribution in [1.29, 1.82) is 5.26 Å². The molecule has 1 heterocycles. The van der Waals surface area contributed by atoms with Crippen LogP contribution < -0.4 is 5.32 Å². The van der Waals surface area contributed by atoms with Crippen LogP contribution in [0.3, 0.4) is 0 Å². The van der Waals surface area contributed by atoms with E-state index in [1.54, 1.807) is 0 Å². The molecule has 2 saturated carbocycles. The Morgan fingerprint density at radius 1 is 1.12 bits per heavy atom. The number of aryl methyl sites for hydroxylation is 1. The first-order valence-electron chi connectivity index (χ1n) is 9.18. The number of nitriles is 1. The fourth-order valence-electron chi connectivity index (χ4n) is 5.17. The number of nitrogens with one attached hydrogen (secondary N) is 1. The summed E-state index contributed by atoms with van der Waals surface area (Å²) >= 11 is 1.51. The average Bonchev–Trinajstić information content (AvgIpc) is 3.23. The molecule has 0 spiro atoms. The van der Waals surface area contributed by atoms with Gasteiger partial charge in [0.05, 0.1) is 17.4 Å². The van der Waals surface area contributed by atoms with Crippen molar-refractivity contribution in [3.8, 4) is 6.07 Å². The standard InChI is InChI=1S/C19H22N2O3S/c20-9-13-12-4-2-1-3-5-14(12)25-18(13)21-17(22)15-10-6-7-11(8-10)16(15)19(23)24/h10-11,15-16H,1-8H2,(H,21,22)(H,23,24). The summed E-state index contributed by atoms with van der Waals surface area (Å²) < 4.78 is 0. The molecule has 2 N–H and O–H groups in total. The SMILES string of the molecule is N#Cc1c(NC(=O)C2C3CCC(C3)C2C(=O)O)sc2c1CCCCC2. The van der Waals surface area contributed by atoms with E-state index in [4.69, 9.17) is 0 Å². The lowest BCUT2D eigenvalue weighted by Gasteiger charge is -2.26. The lowest BCUT2D eigenvalue weighted by atomic mass is 9.79. The van der Waals surface area contributed by atoms with E-state index < -0.39 is 17.8 Å². The number of carbonyl (C=O) groups is 2. The summed E-state index contributed by atoms with van der Waals surface area (Å²) in [7, 11) is 0. The van der Waals surface area contributed by atoms with Gasteiger partial charge >= 0.3 is 5.97 Å². The van der Waals surface area contributed by atoms with Crippen molar-refractivity contribution in [3.63, 3.8) is 0 Å².